The Morgan fingerprint density at radius 3 is 2.58 bits per heavy atom. The molecule has 1 saturated heterocycles. The van der Waals surface area contributed by atoms with Gasteiger partial charge in [-0.15, -0.1) is 0 Å². The Balaban J connectivity index is 2.05. The van der Waals surface area contributed by atoms with E-state index in [4.69, 9.17) is 10.5 Å². The van der Waals surface area contributed by atoms with E-state index in [1.165, 1.54) is 6.07 Å². The van der Waals surface area contributed by atoms with Gasteiger partial charge in [-0.05, 0) is 38.9 Å². The van der Waals surface area contributed by atoms with Gasteiger partial charge in [-0.1, -0.05) is 12.1 Å². The van der Waals surface area contributed by atoms with E-state index < -0.39 is 5.82 Å². The molecular formula is C15H16FN3. The molecule has 1 heterocycles. The molecule has 1 aliphatic rings. The van der Waals surface area contributed by atoms with Gasteiger partial charge >= 0.3 is 0 Å². The van der Waals surface area contributed by atoms with Crippen molar-refractivity contribution in [1.29, 1.82) is 10.5 Å². The van der Waals surface area contributed by atoms with Gasteiger partial charge in [0.2, 0.25) is 0 Å². The topological polar surface area (TPSA) is 50.8 Å². The van der Waals surface area contributed by atoms with Crippen LogP contribution >= 0.6 is 0 Å². The van der Waals surface area contributed by atoms with Crippen LogP contribution in [-0.4, -0.2) is 18.0 Å². The molecule has 3 nitrogen and oxygen atoms in total. The van der Waals surface area contributed by atoms with Crippen LogP contribution < -0.4 is 0 Å². The molecule has 4 heteroatoms. The molecule has 98 valence electrons. The fraction of sp³-hybridized carbons (Fsp3) is 0.467. The van der Waals surface area contributed by atoms with E-state index in [-0.39, 0.29) is 11.0 Å². The van der Waals surface area contributed by atoms with E-state index >= 15 is 0 Å². The molecule has 0 N–H and O–H groups in total. The van der Waals surface area contributed by atoms with Gasteiger partial charge in [0.15, 0.2) is 0 Å². The first-order valence-corrected chi connectivity index (χ1v) is 6.39. The smallest absolute Gasteiger partial charge is 0.145 e. The highest BCUT2D eigenvalue weighted by molar-refractivity contribution is 5.34. The Morgan fingerprint density at radius 1 is 1.32 bits per heavy atom. The molecule has 0 aromatic heterocycles. The van der Waals surface area contributed by atoms with Gasteiger partial charge in [0, 0.05) is 12.1 Å². The van der Waals surface area contributed by atoms with Gasteiger partial charge < -0.3 is 0 Å². The van der Waals surface area contributed by atoms with Crippen molar-refractivity contribution in [2.75, 3.05) is 13.1 Å². The van der Waals surface area contributed by atoms with Crippen LogP contribution in [0.2, 0.25) is 0 Å². The molecule has 0 unspecified atom stereocenters. The number of hydrogen-bond acceptors (Lipinski definition) is 3. The summed E-state index contributed by atoms with van der Waals surface area (Å²) in [5, 5.41) is 17.9. The number of hydrogen-bond donors (Lipinski definition) is 0. The highest BCUT2D eigenvalue weighted by Crippen LogP contribution is 2.30. The minimum absolute atomic E-state index is 0.0939. The summed E-state index contributed by atoms with van der Waals surface area (Å²) in [5.74, 6) is -0.418. The third-order valence-corrected chi connectivity index (χ3v) is 3.82. The minimum atomic E-state index is -0.418. The summed E-state index contributed by atoms with van der Waals surface area (Å²) in [5.41, 5.74) is 0.403. The van der Waals surface area contributed by atoms with Crippen LogP contribution in [0.1, 0.15) is 30.9 Å². The van der Waals surface area contributed by atoms with Gasteiger partial charge in [0.1, 0.15) is 11.9 Å². The molecule has 1 aromatic rings. The van der Waals surface area contributed by atoms with Crippen LogP contribution in [0.3, 0.4) is 0 Å². The molecule has 0 saturated carbocycles. The minimum Gasteiger partial charge on any atom is -0.299 e. The number of benzene rings is 1. The van der Waals surface area contributed by atoms with Crippen molar-refractivity contribution in [1.82, 2.24) is 4.90 Å². The summed E-state index contributed by atoms with van der Waals surface area (Å²) < 4.78 is 13.9. The maximum absolute atomic E-state index is 13.9. The number of rotatable bonds is 2. The van der Waals surface area contributed by atoms with Gasteiger partial charge in [-0.2, -0.15) is 10.5 Å². The van der Waals surface area contributed by atoms with Crippen molar-refractivity contribution < 1.29 is 4.39 Å². The predicted molar refractivity (Wildman–Crippen MR) is 69.3 cm³/mol. The predicted octanol–water partition coefficient (Wildman–Crippen LogP) is 2.82. The molecule has 0 bridgehead atoms. The van der Waals surface area contributed by atoms with Gasteiger partial charge in [0.05, 0.1) is 17.0 Å². The van der Waals surface area contributed by atoms with E-state index in [0.29, 0.717) is 12.1 Å². The Labute approximate surface area is 112 Å². The van der Waals surface area contributed by atoms with Crippen molar-refractivity contribution in [2.45, 2.75) is 26.3 Å². The fourth-order valence-corrected chi connectivity index (χ4v) is 2.35. The summed E-state index contributed by atoms with van der Waals surface area (Å²) in [6.07, 6.45) is 1.62. The molecule has 1 aliphatic heterocycles. The Morgan fingerprint density at radius 2 is 2.00 bits per heavy atom. The Bertz CT molecular complexity index is 545. The number of nitrogens with zero attached hydrogens (tertiary/aromatic N) is 3. The fourth-order valence-electron chi connectivity index (χ4n) is 2.35. The van der Waals surface area contributed by atoms with Crippen LogP contribution in [0.4, 0.5) is 4.39 Å². The Hall–Kier alpha value is -1.91. The van der Waals surface area contributed by atoms with Crippen molar-refractivity contribution in [2.24, 2.45) is 5.41 Å². The molecular weight excluding hydrogens is 241 g/mol. The average Bonchev–Trinajstić information content (AvgIpc) is 2.44. The molecule has 1 aromatic carbocycles. The normalized spacial score (nSPS) is 18.5. The highest BCUT2D eigenvalue weighted by atomic mass is 19.1. The molecule has 0 amide bonds. The average molecular weight is 257 g/mol. The molecule has 1 fully saturated rings. The lowest BCUT2D eigenvalue weighted by Crippen LogP contribution is -2.37. The van der Waals surface area contributed by atoms with Crippen molar-refractivity contribution in [3.8, 4) is 12.1 Å². The quantitative estimate of drug-likeness (QED) is 0.818. The van der Waals surface area contributed by atoms with E-state index in [0.717, 1.165) is 25.9 Å². The Kier molecular flexibility index (Phi) is 3.83. The largest absolute Gasteiger partial charge is 0.299 e. The molecule has 19 heavy (non-hydrogen) atoms. The van der Waals surface area contributed by atoms with Crippen molar-refractivity contribution in [3.63, 3.8) is 0 Å². The zero-order chi connectivity index (χ0) is 13.9. The zero-order valence-electron chi connectivity index (χ0n) is 11.0. The zero-order valence-corrected chi connectivity index (χ0v) is 11.0. The molecule has 0 aliphatic carbocycles. The lowest BCUT2D eigenvalue weighted by molar-refractivity contribution is 0.149. The third kappa shape index (κ3) is 2.92. The summed E-state index contributed by atoms with van der Waals surface area (Å²) in [6.45, 7) is 4.06. The first kappa shape index (κ1) is 13.5. The van der Waals surface area contributed by atoms with Crippen LogP contribution in [0.15, 0.2) is 18.2 Å². The second-order valence-corrected chi connectivity index (χ2v) is 5.34. The van der Waals surface area contributed by atoms with Crippen LogP contribution in [0, 0.1) is 33.9 Å². The van der Waals surface area contributed by atoms with Crippen molar-refractivity contribution >= 4 is 0 Å². The molecule has 0 spiro atoms. The SMILES string of the molecule is CC1(C#N)CCN(Cc2cccc(C#N)c2F)CC1. The molecule has 0 radical (unpaired) electrons. The number of halogens is 1. The molecule has 0 atom stereocenters. The highest BCUT2D eigenvalue weighted by Gasteiger charge is 2.30. The maximum atomic E-state index is 13.9. The van der Waals surface area contributed by atoms with Gasteiger partial charge in [-0.25, -0.2) is 4.39 Å². The lowest BCUT2D eigenvalue weighted by Gasteiger charge is -2.34. The monoisotopic (exact) mass is 257 g/mol. The van der Waals surface area contributed by atoms with Crippen LogP contribution in [0.25, 0.3) is 0 Å². The number of nitriles is 2. The van der Waals surface area contributed by atoms with E-state index in [9.17, 15) is 4.39 Å². The first-order chi connectivity index (χ1) is 9.08. The maximum Gasteiger partial charge on any atom is 0.145 e. The van der Waals surface area contributed by atoms with Gasteiger partial charge in [-0.3, -0.25) is 4.90 Å². The third-order valence-electron chi connectivity index (χ3n) is 3.82. The van der Waals surface area contributed by atoms with E-state index in [1.54, 1.807) is 12.1 Å². The number of likely N-dealkylation sites (tertiary alicyclic amines) is 1. The summed E-state index contributed by atoms with van der Waals surface area (Å²) in [4.78, 5) is 2.14. The van der Waals surface area contributed by atoms with E-state index in [1.807, 2.05) is 13.0 Å². The first-order valence-electron chi connectivity index (χ1n) is 6.39. The van der Waals surface area contributed by atoms with Gasteiger partial charge in [0.25, 0.3) is 0 Å². The van der Waals surface area contributed by atoms with Crippen LogP contribution in [0.5, 0.6) is 0 Å². The lowest BCUT2D eigenvalue weighted by atomic mass is 9.82. The van der Waals surface area contributed by atoms with Crippen molar-refractivity contribution in [3.05, 3.63) is 35.1 Å². The second-order valence-electron chi connectivity index (χ2n) is 5.34. The number of piperidine rings is 1. The summed E-state index contributed by atoms with van der Waals surface area (Å²) >= 11 is 0. The summed E-state index contributed by atoms with van der Waals surface area (Å²) in [7, 11) is 0. The standard InChI is InChI=1S/C15H16FN3/c1-15(11-18)5-7-19(8-6-15)10-13-4-2-3-12(9-17)14(13)16/h2-4H,5-8,10H2,1H3. The molecule has 2 rings (SSSR count). The second kappa shape index (κ2) is 5.38. The van der Waals surface area contributed by atoms with E-state index in [2.05, 4.69) is 11.0 Å². The van der Waals surface area contributed by atoms with Crippen LogP contribution in [-0.2, 0) is 6.54 Å². The summed E-state index contributed by atoms with van der Waals surface area (Å²) in [6, 6.07) is 9.12.